The van der Waals surface area contributed by atoms with Gasteiger partial charge in [0.1, 0.15) is 11.5 Å². The Kier molecular flexibility index (Phi) is 3.58. The van der Waals surface area contributed by atoms with Crippen molar-refractivity contribution in [1.29, 1.82) is 0 Å². The minimum absolute atomic E-state index is 0.267. The molecule has 2 aromatic carbocycles. The predicted molar refractivity (Wildman–Crippen MR) is 94.2 cm³/mol. The van der Waals surface area contributed by atoms with Crippen LogP contribution in [0.3, 0.4) is 0 Å². The zero-order valence-electron chi connectivity index (χ0n) is 13.0. The van der Waals surface area contributed by atoms with Crippen LogP contribution in [0.2, 0.25) is 0 Å². The molecule has 0 saturated carbocycles. The monoisotopic (exact) mass is 339 g/mol. The Morgan fingerprint density at radius 1 is 1.21 bits per heavy atom. The Bertz CT molecular complexity index is 1060. The van der Waals surface area contributed by atoms with E-state index in [1.165, 1.54) is 19.2 Å². The molecular weight excluding hydrogens is 325 g/mol. The molecule has 0 radical (unpaired) electrons. The van der Waals surface area contributed by atoms with Gasteiger partial charge in [-0.1, -0.05) is 24.3 Å². The maximum absolute atomic E-state index is 13.7. The van der Waals surface area contributed by atoms with Gasteiger partial charge < -0.3 is 9.30 Å². The number of carbonyl (C=O) groups is 1. The van der Waals surface area contributed by atoms with Crippen LogP contribution in [0.5, 0.6) is 0 Å². The molecule has 0 atom stereocenters. The Hall–Kier alpha value is -2.66. The number of aromatic nitrogens is 1. The summed E-state index contributed by atoms with van der Waals surface area (Å²) < 4.78 is 21.5. The summed E-state index contributed by atoms with van der Waals surface area (Å²) in [5.74, 6) is -0.638. The molecule has 0 spiro atoms. The van der Waals surface area contributed by atoms with Gasteiger partial charge in [0.15, 0.2) is 0 Å². The Balaban J connectivity index is 1.89. The first-order valence-electron chi connectivity index (χ1n) is 7.49. The van der Waals surface area contributed by atoms with Crippen LogP contribution in [-0.4, -0.2) is 17.6 Å². The molecule has 3 nitrogen and oxygen atoms in total. The van der Waals surface area contributed by atoms with Gasteiger partial charge in [0.05, 0.1) is 17.3 Å². The molecule has 2 heterocycles. The second kappa shape index (κ2) is 5.76. The standard InChI is InChI=1S/C19H14FNO2S/c1-23-19(22)17-10-18-16(7-8-24-18)21(17)11-13-4-2-3-12-5-6-14(20)9-15(12)13/h2-10H,11H2,1H3. The van der Waals surface area contributed by atoms with Gasteiger partial charge in [-0.3, -0.25) is 0 Å². The van der Waals surface area contributed by atoms with Crippen molar-refractivity contribution in [2.24, 2.45) is 0 Å². The van der Waals surface area contributed by atoms with E-state index in [-0.39, 0.29) is 11.8 Å². The number of rotatable bonds is 3. The number of nitrogens with zero attached hydrogens (tertiary/aromatic N) is 1. The molecule has 120 valence electrons. The highest BCUT2D eigenvalue weighted by molar-refractivity contribution is 7.17. The molecule has 0 aliphatic carbocycles. The van der Waals surface area contributed by atoms with Crippen LogP contribution in [0.25, 0.3) is 21.0 Å². The summed E-state index contributed by atoms with van der Waals surface area (Å²) >= 11 is 1.58. The quantitative estimate of drug-likeness (QED) is 0.501. The summed E-state index contributed by atoms with van der Waals surface area (Å²) in [6.07, 6.45) is 0. The predicted octanol–water partition coefficient (Wildman–Crippen LogP) is 4.83. The number of benzene rings is 2. The fraction of sp³-hybridized carbons (Fsp3) is 0.105. The van der Waals surface area contributed by atoms with Crippen LogP contribution in [0.4, 0.5) is 4.39 Å². The molecule has 0 aliphatic rings. The average Bonchev–Trinajstić information content (AvgIpc) is 3.17. The molecule has 4 aromatic rings. The van der Waals surface area contributed by atoms with Crippen molar-refractivity contribution in [1.82, 2.24) is 4.57 Å². The van der Waals surface area contributed by atoms with Crippen molar-refractivity contribution >= 4 is 38.3 Å². The lowest BCUT2D eigenvalue weighted by molar-refractivity contribution is 0.0589. The zero-order valence-corrected chi connectivity index (χ0v) is 13.8. The first-order valence-corrected chi connectivity index (χ1v) is 8.37. The summed E-state index contributed by atoms with van der Waals surface area (Å²) in [5, 5.41) is 3.82. The SMILES string of the molecule is COC(=O)c1cc2sccc2n1Cc1cccc2ccc(F)cc12. The van der Waals surface area contributed by atoms with E-state index >= 15 is 0 Å². The number of hydrogen-bond acceptors (Lipinski definition) is 3. The Labute approximate surface area is 141 Å². The molecular formula is C19H14FNO2S. The van der Waals surface area contributed by atoms with Crippen molar-refractivity contribution in [3.8, 4) is 0 Å². The van der Waals surface area contributed by atoms with Gasteiger partial charge in [-0.05, 0) is 46.0 Å². The third-order valence-corrected chi connectivity index (χ3v) is 5.03. The second-order valence-electron chi connectivity index (χ2n) is 5.56. The normalized spacial score (nSPS) is 11.2. The van der Waals surface area contributed by atoms with Gasteiger partial charge in [0.2, 0.25) is 0 Å². The number of thiophene rings is 1. The van der Waals surface area contributed by atoms with Gasteiger partial charge >= 0.3 is 5.97 Å². The number of esters is 1. The van der Waals surface area contributed by atoms with Crippen LogP contribution in [0, 0.1) is 5.82 Å². The maximum atomic E-state index is 13.7. The van der Waals surface area contributed by atoms with E-state index in [1.54, 1.807) is 17.4 Å². The van der Waals surface area contributed by atoms with E-state index in [4.69, 9.17) is 4.74 Å². The van der Waals surface area contributed by atoms with E-state index in [1.807, 2.05) is 40.3 Å². The molecule has 5 heteroatoms. The fourth-order valence-corrected chi connectivity index (χ4v) is 3.86. The zero-order chi connectivity index (χ0) is 16.7. The lowest BCUT2D eigenvalue weighted by Gasteiger charge is -2.12. The Morgan fingerprint density at radius 2 is 2.08 bits per heavy atom. The van der Waals surface area contributed by atoms with Crippen molar-refractivity contribution in [3.05, 3.63) is 71.0 Å². The van der Waals surface area contributed by atoms with Crippen LogP contribution in [-0.2, 0) is 11.3 Å². The lowest BCUT2D eigenvalue weighted by atomic mass is 10.0. The van der Waals surface area contributed by atoms with E-state index in [0.29, 0.717) is 12.2 Å². The maximum Gasteiger partial charge on any atom is 0.354 e. The highest BCUT2D eigenvalue weighted by atomic mass is 32.1. The largest absolute Gasteiger partial charge is 0.464 e. The average molecular weight is 339 g/mol. The van der Waals surface area contributed by atoms with Crippen LogP contribution >= 0.6 is 11.3 Å². The first kappa shape index (κ1) is 14.9. The minimum Gasteiger partial charge on any atom is -0.464 e. The summed E-state index contributed by atoms with van der Waals surface area (Å²) in [6, 6.07) is 14.5. The molecule has 2 aromatic heterocycles. The molecule has 0 amide bonds. The third kappa shape index (κ3) is 2.37. The van der Waals surface area contributed by atoms with Crippen molar-refractivity contribution in [3.63, 3.8) is 0 Å². The van der Waals surface area contributed by atoms with Gasteiger partial charge in [0.25, 0.3) is 0 Å². The number of ether oxygens (including phenoxy) is 1. The van der Waals surface area contributed by atoms with Gasteiger partial charge in [-0.15, -0.1) is 11.3 Å². The summed E-state index contributed by atoms with van der Waals surface area (Å²) in [4.78, 5) is 12.1. The van der Waals surface area contributed by atoms with Gasteiger partial charge in [0, 0.05) is 6.54 Å². The van der Waals surface area contributed by atoms with Crippen molar-refractivity contribution in [2.75, 3.05) is 7.11 Å². The fourth-order valence-electron chi connectivity index (χ4n) is 3.04. The molecule has 0 aliphatic heterocycles. The summed E-state index contributed by atoms with van der Waals surface area (Å²) in [5.41, 5.74) is 2.45. The summed E-state index contributed by atoms with van der Waals surface area (Å²) in [6.45, 7) is 0.478. The number of halogens is 1. The number of fused-ring (bicyclic) bond motifs is 2. The topological polar surface area (TPSA) is 31.2 Å². The number of carbonyl (C=O) groups excluding carboxylic acids is 1. The van der Waals surface area contributed by atoms with Crippen molar-refractivity contribution in [2.45, 2.75) is 6.54 Å². The number of methoxy groups -OCH3 is 1. The molecule has 0 unspecified atom stereocenters. The molecule has 0 fully saturated rings. The highest BCUT2D eigenvalue weighted by Gasteiger charge is 2.17. The second-order valence-corrected chi connectivity index (χ2v) is 6.51. The smallest absolute Gasteiger partial charge is 0.354 e. The first-order chi connectivity index (χ1) is 11.7. The van der Waals surface area contributed by atoms with Crippen LogP contribution in [0.15, 0.2) is 53.9 Å². The molecule has 0 bridgehead atoms. The van der Waals surface area contributed by atoms with Crippen LogP contribution < -0.4 is 0 Å². The Morgan fingerprint density at radius 3 is 2.92 bits per heavy atom. The van der Waals surface area contributed by atoms with Crippen LogP contribution in [0.1, 0.15) is 16.1 Å². The number of hydrogen-bond donors (Lipinski definition) is 0. The summed E-state index contributed by atoms with van der Waals surface area (Å²) in [7, 11) is 1.38. The highest BCUT2D eigenvalue weighted by Crippen LogP contribution is 2.28. The van der Waals surface area contributed by atoms with Gasteiger partial charge in [-0.25, -0.2) is 9.18 Å². The lowest BCUT2D eigenvalue weighted by Crippen LogP contribution is -2.11. The van der Waals surface area contributed by atoms with E-state index in [0.717, 1.165) is 26.6 Å². The minimum atomic E-state index is -0.371. The van der Waals surface area contributed by atoms with E-state index < -0.39 is 0 Å². The molecule has 4 rings (SSSR count). The molecule has 0 N–H and O–H groups in total. The van der Waals surface area contributed by atoms with Gasteiger partial charge in [-0.2, -0.15) is 0 Å². The van der Waals surface area contributed by atoms with E-state index in [9.17, 15) is 9.18 Å². The van der Waals surface area contributed by atoms with Crippen molar-refractivity contribution < 1.29 is 13.9 Å². The van der Waals surface area contributed by atoms with E-state index in [2.05, 4.69) is 0 Å². The molecule has 24 heavy (non-hydrogen) atoms. The third-order valence-electron chi connectivity index (χ3n) is 4.18. The molecule has 0 saturated heterocycles.